The van der Waals surface area contributed by atoms with E-state index in [-0.39, 0.29) is 0 Å². The van der Waals surface area contributed by atoms with Gasteiger partial charge in [0.05, 0.1) is 5.38 Å². The molecule has 0 N–H and O–H groups in total. The van der Waals surface area contributed by atoms with Gasteiger partial charge in [0.1, 0.15) is 0 Å². The van der Waals surface area contributed by atoms with Gasteiger partial charge < -0.3 is 4.90 Å². The van der Waals surface area contributed by atoms with Crippen LogP contribution in [0.5, 0.6) is 0 Å². The molecular formula is C13H16ClN. The topological polar surface area (TPSA) is 3.24 Å². The lowest BCUT2D eigenvalue weighted by Gasteiger charge is -2.28. The Hall–Kier alpha value is -0.950. The van der Waals surface area contributed by atoms with E-state index in [1.807, 2.05) is 6.07 Å². The SMILES string of the molecule is Cl[C@@H]1CCCN(C=Cc2ccccc2)C1. The summed E-state index contributed by atoms with van der Waals surface area (Å²) in [4.78, 5) is 2.30. The van der Waals surface area contributed by atoms with E-state index < -0.39 is 0 Å². The van der Waals surface area contributed by atoms with Crippen molar-refractivity contribution in [3.05, 3.63) is 42.1 Å². The van der Waals surface area contributed by atoms with E-state index in [1.54, 1.807) is 0 Å². The van der Waals surface area contributed by atoms with Gasteiger partial charge in [-0.1, -0.05) is 30.3 Å². The molecule has 0 saturated carbocycles. The molecule has 1 aromatic carbocycles. The van der Waals surface area contributed by atoms with Crippen LogP contribution in [0.3, 0.4) is 0 Å². The number of nitrogens with zero attached hydrogens (tertiary/aromatic N) is 1. The Balaban J connectivity index is 1.93. The Morgan fingerprint density at radius 1 is 1.27 bits per heavy atom. The number of benzene rings is 1. The van der Waals surface area contributed by atoms with Gasteiger partial charge in [-0.3, -0.25) is 0 Å². The average molecular weight is 222 g/mol. The van der Waals surface area contributed by atoms with Crippen LogP contribution >= 0.6 is 11.6 Å². The minimum Gasteiger partial charge on any atom is -0.376 e. The molecule has 0 amide bonds. The van der Waals surface area contributed by atoms with E-state index in [2.05, 4.69) is 41.4 Å². The highest BCUT2D eigenvalue weighted by Crippen LogP contribution is 2.15. The van der Waals surface area contributed by atoms with Crippen molar-refractivity contribution < 1.29 is 0 Å². The maximum absolute atomic E-state index is 6.12. The average Bonchev–Trinajstić information content (AvgIpc) is 2.28. The lowest BCUT2D eigenvalue weighted by Crippen LogP contribution is -2.31. The summed E-state index contributed by atoms with van der Waals surface area (Å²) in [6.07, 6.45) is 6.66. The maximum Gasteiger partial charge on any atom is 0.0511 e. The standard InChI is InChI=1S/C13H16ClN/c14-13-7-4-9-15(11-13)10-8-12-5-2-1-3-6-12/h1-3,5-6,8,10,13H,4,7,9,11H2/t13-/m1/s1. The monoisotopic (exact) mass is 221 g/mol. The smallest absolute Gasteiger partial charge is 0.0511 e. The lowest BCUT2D eigenvalue weighted by molar-refractivity contribution is 0.315. The zero-order valence-electron chi connectivity index (χ0n) is 8.77. The second kappa shape index (κ2) is 5.22. The molecule has 0 aromatic heterocycles. The summed E-state index contributed by atoms with van der Waals surface area (Å²) in [5.41, 5.74) is 1.24. The van der Waals surface area contributed by atoms with Crippen molar-refractivity contribution >= 4 is 17.7 Å². The third kappa shape index (κ3) is 3.28. The van der Waals surface area contributed by atoms with Crippen LogP contribution in [0.15, 0.2) is 36.5 Å². The van der Waals surface area contributed by atoms with Crippen molar-refractivity contribution in [2.45, 2.75) is 18.2 Å². The normalized spacial score (nSPS) is 22.2. The molecule has 15 heavy (non-hydrogen) atoms. The third-order valence-corrected chi connectivity index (χ3v) is 3.03. The molecule has 1 fully saturated rings. The highest BCUT2D eigenvalue weighted by atomic mass is 35.5. The molecule has 0 radical (unpaired) electrons. The van der Waals surface area contributed by atoms with Crippen molar-refractivity contribution in [1.82, 2.24) is 4.90 Å². The Labute approximate surface area is 96.4 Å². The Morgan fingerprint density at radius 3 is 2.80 bits per heavy atom. The first-order chi connectivity index (χ1) is 7.34. The molecule has 0 aliphatic carbocycles. The van der Waals surface area contributed by atoms with Gasteiger partial charge in [0.15, 0.2) is 0 Å². The summed E-state index contributed by atoms with van der Waals surface area (Å²) in [6, 6.07) is 10.4. The fourth-order valence-corrected chi connectivity index (χ4v) is 2.18. The summed E-state index contributed by atoms with van der Waals surface area (Å²) in [6.45, 7) is 2.11. The second-order valence-corrected chi connectivity index (χ2v) is 4.58. The molecule has 0 bridgehead atoms. The summed E-state index contributed by atoms with van der Waals surface area (Å²) in [5.74, 6) is 0. The maximum atomic E-state index is 6.12. The molecule has 80 valence electrons. The molecule has 1 aromatic rings. The van der Waals surface area contributed by atoms with Crippen LogP contribution < -0.4 is 0 Å². The minimum absolute atomic E-state index is 0.319. The molecule has 0 unspecified atom stereocenters. The summed E-state index contributed by atoms with van der Waals surface area (Å²) in [5, 5.41) is 0.319. The molecule has 2 rings (SSSR count). The number of hydrogen-bond donors (Lipinski definition) is 0. The highest BCUT2D eigenvalue weighted by molar-refractivity contribution is 6.20. The third-order valence-electron chi connectivity index (χ3n) is 2.67. The fraction of sp³-hybridized carbons (Fsp3) is 0.385. The van der Waals surface area contributed by atoms with Gasteiger partial charge in [-0.05, 0) is 30.7 Å². The van der Waals surface area contributed by atoms with E-state index >= 15 is 0 Å². The molecule has 1 aliphatic rings. The number of alkyl halides is 1. The van der Waals surface area contributed by atoms with Crippen LogP contribution in [0.1, 0.15) is 18.4 Å². The van der Waals surface area contributed by atoms with Gasteiger partial charge >= 0.3 is 0 Å². The summed E-state index contributed by atoms with van der Waals surface area (Å²) < 4.78 is 0. The van der Waals surface area contributed by atoms with Gasteiger partial charge in [-0.15, -0.1) is 11.6 Å². The van der Waals surface area contributed by atoms with Gasteiger partial charge in [-0.25, -0.2) is 0 Å². The zero-order valence-corrected chi connectivity index (χ0v) is 9.53. The van der Waals surface area contributed by atoms with Crippen LogP contribution in [-0.2, 0) is 0 Å². The molecular weight excluding hydrogens is 206 g/mol. The van der Waals surface area contributed by atoms with E-state index in [9.17, 15) is 0 Å². The van der Waals surface area contributed by atoms with Gasteiger partial charge in [0.25, 0.3) is 0 Å². The number of halogens is 1. The van der Waals surface area contributed by atoms with E-state index in [1.165, 1.54) is 12.0 Å². The molecule has 1 atom stereocenters. The van der Waals surface area contributed by atoms with E-state index in [0.717, 1.165) is 19.5 Å². The van der Waals surface area contributed by atoms with Crippen LogP contribution in [0.25, 0.3) is 6.08 Å². The zero-order chi connectivity index (χ0) is 10.5. The van der Waals surface area contributed by atoms with Crippen LogP contribution in [0.4, 0.5) is 0 Å². The Morgan fingerprint density at radius 2 is 2.07 bits per heavy atom. The first-order valence-electron chi connectivity index (χ1n) is 5.46. The quantitative estimate of drug-likeness (QED) is 0.693. The first-order valence-corrected chi connectivity index (χ1v) is 5.89. The van der Waals surface area contributed by atoms with Crippen molar-refractivity contribution in [3.8, 4) is 0 Å². The van der Waals surface area contributed by atoms with Gasteiger partial charge in [0.2, 0.25) is 0 Å². The highest BCUT2D eigenvalue weighted by Gasteiger charge is 2.14. The number of piperidine rings is 1. The van der Waals surface area contributed by atoms with E-state index in [0.29, 0.717) is 5.38 Å². The van der Waals surface area contributed by atoms with Crippen molar-refractivity contribution in [1.29, 1.82) is 0 Å². The summed E-state index contributed by atoms with van der Waals surface area (Å²) in [7, 11) is 0. The summed E-state index contributed by atoms with van der Waals surface area (Å²) >= 11 is 6.12. The van der Waals surface area contributed by atoms with Crippen LogP contribution in [-0.4, -0.2) is 23.4 Å². The first kappa shape index (κ1) is 10.6. The predicted molar refractivity (Wildman–Crippen MR) is 65.9 cm³/mol. The second-order valence-electron chi connectivity index (χ2n) is 3.96. The minimum atomic E-state index is 0.319. The number of rotatable bonds is 2. The van der Waals surface area contributed by atoms with Gasteiger partial charge in [-0.2, -0.15) is 0 Å². The molecule has 1 nitrogen and oxygen atoms in total. The van der Waals surface area contributed by atoms with Crippen molar-refractivity contribution in [2.75, 3.05) is 13.1 Å². The van der Waals surface area contributed by atoms with Crippen LogP contribution in [0, 0.1) is 0 Å². The van der Waals surface area contributed by atoms with Gasteiger partial charge in [0, 0.05) is 13.1 Å². The Bertz CT molecular complexity index is 321. The van der Waals surface area contributed by atoms with Crippen molar-refractivity contribution in [3.63, 3.8) is 0 Å². The Kier molecular flexibility index (Phi) is 3.68. The van der Waals surface area contributed by atoms with E-state index in [4.69, 9.17) is 11.6 Å². The molecule has 1 heterocycles. The number of hydrogen-bond acceptors (Lipinski definition) is 1. The molecule has 1 saturated heterocycles. The molecule has 0 spiro atoms. The van der Waals surface area contributed by atoms with Crippen LogP contribution in [0.2, 0.25) is 0 Å². The predicted octanol–water partition coefficient (Wildman–Crippen LogP) is 3.36. The van der Waals surface area contributed by atoms with Crippen molar-refractivity contribution in [2.24, 2.45) is 0 Å². The molecule has 2 heteroatoms. The fourth-order valence-electron chi connectivity index (χ4n) is 1.84. The lowest BCUT2D eigenvalue weighted by atomic mass is 10.1. The largest absolute Gasteiger partial charge is 0.376 e. The molecule has 1 aliphatic heterocycles. The number of likely N-dealkylation sites (tertiary alicyclic amines) is 1.